The number of carbonyl (C=O) groups excluding carboxylic acids is 2. The first-order chi connectivity index (χ1) is 10.6. The quantitative estimate of drug-likeness (QED) is 0.875. The maximum Gasteiger partial charge on any atom is 0.254 e. The lowest BCUT2D eigenvalue weighted by molar-refractivity contribution is -0.113. The Bertz CT molecular complexity index is 603. The molecule has 0 aliphatic carbocycles. The molecule has 0 bridgehead atoms. The van der Waals surface area contributed by atoms with E-state index in [9.17, 15) is 9.59 Å². The van der Waals surface area contributed by atoms with Gasteiger partial charge in [0.05, 0.1) is 11.4 Å². The summed E-state index contributed by atoms with van der Waals surface area (Å²) in [5, 5.41) is 2.84. The summed E-state index contributed by atoms with van der Waals surface area (Å²) in [6, 6.07) is 5.61. The van der Waals surface area contributed by atoms with Gasteiger partial charge >= 0.3 is 0 Å². The molecule has 2 aliphatic rings. The molecule has 1 aromatic carbocycles. The number of benzene rings is 1. The van der Waals surface area contributed by atoms with E-state index in [1.165, 1.54) is 11.8 Å². The number of hydrogen-bond donors (Lipinski definition) is 2. The number of rotatable bonds is 2. The maximum atomic E-state index is 12.8. The average molecular weight is 319 g/mol. The fourth-order valence-electron chi connectivity index (χ4n) is 3.14. The molecular formula is C16H21N3O2S. The van der Waals surface area contributed by atoms with E-state index in [0.29, 0.717) is 11.3 Å². The lowest BCUT2D eigenvalue weighted by Gasteiger charge is -2.38. The molecule has 118 valence electrons. The van der Waals surface area contributed by atoms with Crippen molar-refractivity contribution in [2.75, 3.05) is 17.6 Å². The average Bonchev–Trinajstić information content (AvgIpc) is 2.53. The third-order valence-corrected chi connectivity index (χ3v) is 5.35. The van der Waals surface area contributed by atoms with Gasteiger partial charge in [0.1, 0.15) is 0 Å². The van der Waals surface area contributed by atoms with Crippen molar-refractivity contribution in [3.05, 3.63) is 23.8 Å². The highest BCUT2D eigenvalue weighted by molar-refractivity contribution is 8.00. The van der Waals surface area contributed by atoms with Crippen LogP contribution in [0.5, 0.6) is 0 Å². The van der Waals surface area contributed by atoms with Gasteiger partial charge in [-0.05, 0) is 44.4 Å². The van der Waals surface area contributed by atoms with E-state index in [1.807, 2.05) is 24.0 Å². The summed E-state index contributed by atoms with van der Waals surface area (Å²) < 4.78 is 0. The van der Waals surface area contributed by atoms with Crippen molar-refractivity contribution in [3.63, 3.8) is 0 Å². The van der Waals surface area contributed by atoms with Crippen LogP contribution in [0.1, 0.15) is 36.5 Å². The Morgan fingerprint density at radius 2 is 2.27 bits per heavy atom. The molecule has 6 heteroatoms. The van der Waals surface area contributed by atoms with Crippen LogP contribution in [0.4, 0.5) is 5.69 Å². The fraction of sp³-hybridized carbons (Fsp3) is 0.500. The lowest BCUT2D eigenvalue weighted by atomic mass is 9.96. The Morgan fingerprint density at radius 3 is 3.05 bits per heavy atom. The molecule has 0 saturated carbocycles. The van der Waals surface area contributed by atoms with Crippen molar-refractivity contribution in [2.45, 2.75) is 43.2 Å². The molecule has 3 rings (SSSR count). The molecule has 0 aromatic heterocycles. The topological polar surface area (TPSA) is 75.4 Å². The maximum absolute atomic E-state index is 12.8. The van der Waals surface area contributed by atoms with Crippen LogP contribution in [0.2, 0.25) is 0 Å². The third-order valence-electron chi connectivity index (χ3n) is 4.28. The van der Waals surface area contributed by atoms with E-state index in [1.54, 1.807) is 6.07 Å². The second kappa shape index (κ2) is 6.30. The zero-order chi connectivity index (χ0) is 15.7. The lowest BCUT2D eigenvalue weighted by Crippen LogP contribution is -2.51. The van der Waals surface area contributed by atoms with Gasteiger partial charge in [0.25, 0.3) is 5.91 Å². The number of hydrogen-bond acceptors (Lipinski definition) is 4. The van der Waals surface area contributed by atoms with Crippen LogP contribution >= 0.6 is 11.8 Å². The molecule has 1 fully saturated rings. The van der Waals surface area contributed by atoms with E-state index in [2.05, 4.69) is 5.32 Å². The molecular weight excluding hydrogens is 298 g/mol. The fourth-order valence-corrected chi connectivity index (χ4v) is 3.93. The van der Waals surface area contributed by atoms with Crippen molar-refractivity contribution in [2.24, 2.45) is 5.73 Å². The van der Waals surface area contributed by atoms with E-state index in [-0.39, 0.29) is 23.9 Å². The SMILES string of the molecule is CC(N)C1CCCCN1C(=O)c1ccc2c(c1)NC(=O)CS2. The van der Waals surface area contributed by atoms with E-state index in [0.717, 1.165) is 36.4 Å². The zero-order valence-electron chi connectivity index (χ0n) is 12.7. The van der Waals surface area contributed by atoms with Crippen LogP contribution in [0.3, 0.4) is 0 Å². The van der Waals surface area contributed by atoms with Gasteiger partial charge < -0.3 is 16.0 Å². The standard InChI is InChI=1S/C16H21N3O2S/c1-10(17)13-4-2-3-7-19(13)16(21)11-5-6-14-12(8-11)18-15(20)9-22-14/h5-6,8,10,13H,2-4,7,9,17H2,1H3,(H,18,20). The predicted octanol–water partition coefficient (Wildman–Crippen LogP) is 2.07. The van der Waals surface area contributed by atoms with Crippen molar-refractivity contribution >= 4 is 29.3 Å². The van der Waals surface area contributed by atoms with Crippen LogP contribution in [0, 0.1) is 0 Å². The summed E-state index contributed by atoms with van der Waals surface area (Å²) in [5.41, 5.74) is 7.41. The van der Waals surface area contributed by atoms with Gasteiger partial charge in [-0.3, -0.25) is 9.59 Å². The Morgan fingerprint density at radius 1 is 1.45 bits per heavy atom. The van der Waals surface area contributed by atoms with Gasteiger partial charge in [-0.2, -0.15) is 0 Å². The Hall–Kier alpha value is -1.53. The Balaban J connectivity index is 1.85. The number of nitrogens with zero attached hydrogens (tertiary/aromatic N) is 1. The van der Waals surface area contributed by atoms with Crippen molar-refractivity contribution in [1.29, 1.82) is 0 Å². The first kappa shape index (κ1) is 15.4. The smallest absolute Gasteiger partial charge is 0.254 e. The molecule has 2 amide bonds. The van der Waals surface area contributed by atoms with Crippen LogP contribution in [-0.2, 0) is 4.79 Å². The van der Waals surface area contributed by atoms with Gasteiger partial charge in [0.15, 0.2) is 0 Å². The molecule has 2 heterocycles. The molecule has 0 radical (unpaired) electrons. The first-order valence-corrected chi connectivity index (χ1v) is 8.68. The van der Waals surface area contributed by atoms with Crippen molar-refractivity contribution < 1.29 is 9.59 Å². The molecule has 0 spiro atoms. The largest absolute Gasteiger partial charge is 0.334 e. The monoisotopic (exact) mass is 319 g/mol. The van der Waals surface area contributed by atoms with E-state index in [4.69, 9.17) is 5.73 Å². The van der Waals surface area contributed by atoms with Crippen LogP contribution in [0.25, 0.3) is 0 Å². The first-order valence-electron chi connectivity index (χ1n) is 7.69. The Kier molecular flexibility index (Phi) is 4.40. The molecule has 3 N–H and O–H groups in total. The second-order valence-corrected chi connectivity index (χ2v) is 6.99. The van der Waals surface area contributed by atoms with Crippen LogP contribution in [-0.4, -0.2) is 41.1 Å². The molecule has 22 heavy (non-hydrogen) atoms. The number of nitrogens with one attached hydrogen (secondary N) is 1. The number of fused-ring (bicyclic) bond motifs is 1. The molecule has 1 aromatic rings. The highest BCUT2D eigenvalue weighted by atomic mass is 32.2. The summed E-state index contributed by atoms with van der Waals surface area (Å²) in [5.74, 6) is 0.419. The summed E-state index contributed by atoms with van der Waals surface area (Å²) in [6.45, 7) is 2.71. The summed E-state index contributed by atoms with van der Waals surface area (Å²) in [4.78, 5) is 27.2. The minimum Gasteiger partial charge on any atom is -0.334 e. The van der Waals surface area contributed by atoms with Gasteiger partial charge in [-0.1, -0.05) is 0 Å². The van der Waals surface area contributed by atoms with E-state index < -0.39 is 0 Å². The van der Waals surface area contributed by atoms with Gasteiger partial charge in [0, 0.05) is 29.1 Å². The van der Waals surface area contributed by atoms with Gasteiger partial charge in [0.2, 0.25) is 5.91 Å². The Labute approximate surface area is 134 Å². The third kappa shape index (κ3) is 2.98. The highest BCUT2D eigenvalue weighted by Gasteiger charge is 2.30. The second-order valence-electron chi connectivity index (χ2n) is 5.97. The number of thioether (sulfide) groups is 1. The normalized spacial score (nSPS) is 22.7. The van der Waals surface area contributed by atoms with Crippen LogP contribution in [0.15, 0.2) is 23.1 Å². The molecule has 2 atom stereocenters. The van der Waals surface area contributed by atoms with Crippen molar-refractivity contribution in [3.8, 4) is 0 Å². The molecule has 2 aliphatic heterocycles. The zero-order valence-corrected chi connectivity index (χ0v) is 13.5. The molecule has 5 nitrogen and oxygen atoms in total. The number of piperidine rings is 1. The van der Waals surface area contributed by atoms with E-state index >= 15 is 0 Å². The van der Waals surface area contributed by atoms with Crippen molar-refractivity contribution in [1.82, 2.24) is 4.90 Å². The van der Waals surface area contributed by atoms with Crippen LogP contribution < -0.4 is 11.1 Å². The molecule has 2 unspecified atom stereocenters. The van der Waals surface area contributed by atoms with Gasteiger partial charge in [-0.15, -0.1) is 11.8 Å². The number of likely N-dealkylation sites (tertiary alicyclic amines) is 1. The minimum absolute atomic E-state index is 0.00891. The van der Waals surface area contributed by atoms with Gasteiger partial charge in [-0.25, -0.2) is 0 Å². The summed E-state index contributed by atoms with van der Waals surface area (Å²) >= 11 is 1.50. The minimum atomic E-state index is -0.0304. The number of amides is 2. The number of carbonyl (C=O) groups is 2. The highest BCUT2D eigenvalue weighted by Crippen LogP contribution is 2.32. The summed E-state index contributed by atoms with van der Waals surface area (Å²) in [7, 11) is 0. The predicted molar refractivity (Wildman–Crippen MR) is 88.1 cm³/mol. The number of nitrogens with two attached hydrogens (primary N) is 1. The summed E-state index contributed by atoms with van der Waals surface area (Å²) in [6.07, 6.45) is 3.10. The number of anilines is 1. The molecule has 1 saturated heterocycles.